The van der Waals surface area contributed by atoms with Gasteiger partial charge in [-0.3, -0.25) is 0 Å². The quantitative estimate of drug-likeness (QED) is 0.809. The number of aromatic nitrogens is 1. The van der Waals surface area contributed by atoms with Crippen LogP contribution in [0.3, 0.4) is 0 Å². The number of nitrogens with two attached hydrogens (primary N) is 1. The van der Waals surface area contributed by atoms with Crippen LogP contribution in [0.2, 0.25) is 0 Å². The molecule has 0 saturated carbocycles. The van der Waals surface area contributed by atoms with Gasteiger partial charge in [-0.15, -0.1) is 0 Å². The average Bonchev–Trinajstić information content (AvgIpc) is 2.69. The first-order chi connectivity index (χ1) is 7.29. The van der Waals surface area contributed by atoms with Crippen LogP contribution in [0.1, 0.15) is 16.8 Å². The van der Waals surface area contributed by atoms with Crippen molar-refractivity contribution in [1.29, 1.82) is 0 Å². The molecule has 1 aromatic heterocycles. The lowest BCUT2D eigenvalue weighted by Crippen LogP contribution is -2.07. The molecule has 0 amide bonds. The van der Waals surface area contributed by atoms with Crippen LogP contribution >= 0.6 is 0 Å². The van der Waals surface area contributed by atoms with Crippen LogP contribution < -0.4 is 5.73 Å². The van der Waals surface area contributed by atoms with E-state index in [2.05, 4.69) is 48.0 Å². The molecule has 0 bridgehead atoms. The fourth-order valence-corrected chi connectivity index (χ4v) is 1.68. The van der Waals surface area contributed by atoms with E-state index in [9.17, 15) is 0 Å². The summed E-state index contributed by atoms with van der Waals surface area (Å²) in [4.78, 5) is 0. The van der Waals surface area contributed by atoms with Gasteiger partial charge in [0.25, 0.3) is 0 Å². The molecule has 0 saturated heterocycles. The van der Waals surface area contributed by atoms with Gasteiger partial charge in [0.2, 0.25) is 0 Å². The first-order valence-electron chi connectivity index (χ1n) is 5.19. The SMILES string of the molecule is Cc1ccc(Cn2cccc2CN)cc1. The molecule has 2 rings (SSSR count). The second-order valence-electron chi connectivity index (χ2n) is 3.82. The van der Waals surface area contributed by atoms with Gasteiger partial charge in [0.05, 0.1) is 0 Å². The molecule has 0 atom stereocenters. The molecule has 1 aromatic carbocycles. The monoisotopic (exact) mass is 200 g/mol. The van der Waals surface area contributed by atoms with E-state index in [0.29, 0.717) is 6.54 Å². The first kappa shape index (κ1) is 9.99. The number of aryl methyl sites for hydroxylation is 1. The third kappa shape index (κ3) is 2.28. The third-order valence-electron chi connectivity index (χ3n) is 2.61. The number of hydrogen-bond donors (Lipinski definition) is 1. The van der Waals surface area contributed by atoms with Crippen molar-refractivity contribution in [3.63, 3.8) is 0 Å². The van der Waals surface area contributed by atoms with Crippen molar-refractivity contribution in [2.75, 3.05) is 0 Å². The lowest BCUT2D eigenvalue weighted by Gasteiger charge is -2.07. The molecule has 2 heteroatoms. The van der Waals surface area contributed by atoms with Gasteiger partial charge in [0.15, 0.2) is 0 Å². The molecule has 0 aliphatic rings. The van der Waals surface area contributed by atoms with Crippen molar-refractivity contribution >= 4 is 0 Å². The number of benzene rings is 1. The Kier molecular flexibility index (Phi) is 2.88. The van der Waals surface area contributed by atoms with Crippen molar-refractivity contribution in [2.24, 2.45) is 5.73 Å². The highest BCUT2D eigenvalue weighted by Gasteiger charge is 1.99. The summed E-state index contributed by atoms with van der Waals surface area (Å²) in [6.07, 6.45) is 2.07. The summed E-state index contributed by atoms with van der Waals surface area (Å²) < 4.78 is 2.19. The normalized spacial score (nSPS) is 10.5. The predicted molar refractivity (Wildman–Crippen MR) is 62.6 cm³/mol. The molecule has 2 aromatic rings. The minimum absolute atomic E-state index is 0.596. The van der Waals surface area contributed by atoms with Crippen molar-refractivity contribution in [2.45, 2.75) is 20.0 Å². The highest BCUT2D eigenvalue weighted by Crippen LogP contribution is 2.08. The highest BCUT2D eigenvalue weighted by atomic mass is 15.0. The van der Waals surface area contributed by atoms with Gasteiger partial charge in [-0.1, -0.05) is 29.8 Å². The Bertz CT molecular complexity index is 426. The molecule has 78 valence electrons. The van der Waals surface area contributed by atoms with Crippen LogP contribution in [0, 0.1) is 6.92 Å². The van der Waals surface area contributed by atoms with Gasteiger partial charge in [-0.2, -0.15) is 0 Å². The topological polar surface area (TPSA) is 30.9 Å². The van der Waals surface area contributed by atoms with E-state index in [-0.39, 0.29) is 0 Å². The molecule has 0 fully saturated rings. The summed E-state index contributed by atoms with van der Waals surface area (Å²) >= 11 is 0. The maximum atomic E-state index is 5.65. The van der Waals surface area contributed by atoms with E-state index in [1.165, 1.54) is 16.8 Å². The Morgan fingerprint density at radius 2 is 1.87 bits per heavy atom. The second-order valence-corrected chi connectivity index (χ2v) is 3.82. The summed E-state index contributed by atoms with van der Waals surface area (Å²) in [5, 5.41) is 0. The zero-order valence-corrected chi connectivity index (χ0v) is 8.98. The Morgan fingerprint density at radius 3 is 2.53 bits per heavy atom. The summed E-state index contributed by atoms with van der Waals surface area (Å²) in [6, 6.07) is 12.7. The van der Waals surface area contributed by atoms with Crippen LogP contribution in [-0.4, -0.2) is 4.57 Å². The minimum atomic E-state index is 0.596. The number of hydrogen-bond acceptors (Lipinski definition) is 1. The zero-order chi connectivity index (χ0) is 10.7. The largest absolute Gasteiger partial charge is 0.346 e. The van der Waals surface area contributed by atoms with E-state index >= 15 is 0 Å². The molecular weight excluding hydrogens is 184 g/mol. The van der Waals surface area contributed by atoms with Gasteiger partial charge in [0, 0.05) is 25.0 Å². The van der Waals surface area contributed by atoms with Crippen molar-refractivity contribution < 1.29 is 0 Å². The van der Waals surface area contributed by atoms with Gasteiger partial charge in [-0.05, 0) is 24.6 Å². The fourth-order valence-electron chi connectivity index (χ4n) is 1.68. The van der Waals surface area contributed by atoms with Crippen LogP contribution in [0.25, 0.3) is 0 Å². The maximum Gasteiger partial charge on any atom is 0.0473 e. The van der Waals surface area contributed by atoms with Crippen LogP contribution in [-0.2, 0) is 13.1 Å². The standard InChI is InChI=1S/C13H16N2/c1-11-4-6-12(7-5-11)10-15-8-2-3-13(15)9-14/h2-8H,9-10,14H2,1H3. The van der Waals surface area contributed by atoms with Gasteiger partial charge < -0.3 is 10.3 Å². The van der Waals surface area contributed by atoms with E-state index in [4.69, 9.17) is 5.73 Å². The predicted octanol–water partition coefficient (Wildman–Crippen LogP) is 2.30. The maximum absolute atomic E-state index is 5.65. The first-order valence-corrected chi connectivity index (χ1v) is 5.19. The number of rotatable bonds is 3. The molecule has 0 aliphatic heterocycles. The Morgan fingerprint density at radius 1 is 1.13 bits per heavy atom. The summed E-state index contributed by atoms with van der Waals surface area (Å²) in [5.74, 6) is 0. The lowest BCUT2D eigenvalue weighted by atomic mass is 10.1. The summed E-state index contributed by atoms with van der Waals surface area (Å²) in [6.45, 7) is 3.60. The molecule has 0 aliphatic carbocycles. The van der Waals surface area contributed by atoms with Crippen molar-refractivity contribution in [1.82, 2.24) is 4.57 Å². The molecule has 2 nitrogen and oxygen atoms in total. The zero-order valence-electron chi connectivity index (χ0n) is 8.98. The molecule has 0 radical (unpaired) electrons. The van der Waals surface area contributed by atoms with E-state index in [1.807, 2.05) is 6.07 Å². The fraction of sp³-hybridized carbons (Fsp3) is 0.231. The Balaban J connectivity index is 2.18. The van der Waals surface area contributed by atoms with Gasteiger partial charge >= 0.3 is 0 Å². The third-order valence-corrected chi connectivity index (χ3v) is 2.61. The summed E-state index contributed by atoms with van der Waals surface area (Å²) in [7, 11) is 0. The highest BCUT2D eigenvalue weighted by molar-refractivity contribution is 5.22. The molecule has 1 heterocycles. The average molecular weight is 200 g/mol. The summed E-state index contributed by atoms with van der Waals surface area (Å²) in [5.41, 5.74) is 9.44. The molecule has 15 heavy (non-hydrogen) atoms. The lowest BCUT2D eigenvalue weighted by molar-refractivity contribution is 0.744. The molecule has 0 spiro atoms. The minimum Gasteiger partial charge on any atom is -0.346 e. The number of nitrogens with zero attached hydrogens (tertiary/aromatic N) is 1. The molecule has 0 unspecified atom stereocenters. The Labute approximate surface area is 90.3 Å². The molecule has 2 N–H and O–H groups in total. The Hall–Kier alpha value is -1.54. The van der Waals surface area contributed by atoms with E-state index < -0.39 is 0 Å². The van der Waals surface area contributed by atoms with Crippen LogP contribution in [0.15, 0.2) is 42.6 Å². The van der Waals surface area contributed by atoms with Crippen molar-refractivity contribution in [3.8, 4) is 0 Å². The van der Waals surface area contributed by atoms with E-state index in [1.54, 1.807) is 0 Å². The second kappa shape index (κ2) is 4.32. The molecular formula is C13H16N2. The van der Waals surface area contributed by atoms with Crippen molar-refractivity contribution in [3.05, 3.63) is 59.4 Å². The van der Waals surface area contributed by atoms with E-state index in [0.717, 1.165) is 6.54 Å². The van der Waals surface area contributed by atoms with Gasteiger partial charge in [0.1, 0.15) is 0 Å². The van der Waals surface area contributed by atoms with Crippen LogP contribution in [0.4, 0.5) is 0 Å². The van der Waals surface area contributed by atoms with Crippen LogP contribution in [0.5, 0.6) is 0 Å². The smallest absolute Gasteiger partial charge is 0.0473 e. The van der Waals surface area contributed by atoms with Gasteiger partial charge in [-0.25, -0.2) is 0 Å².